The average Bonchev–Trinajstić information content (AvgIpc) is 1.85. The summed E-state index contributed by atoms with van der Waals surface area (Å²) >= 11 is 0. The van der Waals surface area contributed by atoms with Gasteiger partial charge in [-0.1, -0.05) is 23.8 Å². The fourth-order valence-electron chi connectivity index (χ4n) is 0.896. The molecular weight excluding hydrogens is 160 g/mol. The first kappa shape index (κ1) is 8.27. The Balaban J connectivity index is 2.87. The quantitative estimate of drug-likeness (QED) is 0.668. The second-order valence-electron chi connectivity index (χ2n) is 2.41. The molecule has 0 bridgehead atoms. The van der Waals surface area contributed by atoms with Gasteiger partial charge >= 0.3 is 0 Å². The van der Waals surface area contributed by atoms with Crippen molar-refractivity contribution in [2.24, 2.45) is 0 Å². The first-order chi connectivity index (χ1) is 5.18. The van der Waals surface area contributed by atoms with E-state index in [-0.39, 0.29) is 5.75 Å². The molecule has 59 valence electrons. The van der Waals surface area contributed by atoms with E-state index in [1.807, 2.05) is 19.1 Å². The Labute approximate surface area is 67.8 Å². The summed E-state index contributed by atoms with van der Waals surface area (Å²) in [5.74, 6) is 0.119. The van der Waals surface area contributed by atoms with E-state index in [4.69, 9.17) is 0 Å². The second kappa shape index (κ2) is 3.53. The van der Waals surface area contributed by atoms with Crippen LogP contribution in [0, 0.1) is 13.0 Å². The van der Waals surface area contributed by atoms with Crippen molar-refractivity contribution in [1.82, 2.24) is 0 Å². The first-order valence-corrected chi connectivity index (χ1v) is 4.63. The van der Waals surface area contributed by atoms with Crippen molar-refractivity contribution in [1.29, 1.82) is 0 Å². The summed E-state index contributed by atoms with van der Waals surface area (Å²) in [4.78, 5) is 0. The molecule has 1 rings (SSSR count). The van der Waals surface area contributed by atoms with Gasteiger partial charge in [0, 0.05) is 0 Å². The SMILES string of the molecule is Cc1c[c]cc(C[SH](=O)=O)c1. The second-order valence-corrected chi connectivity index (χ2v) is 3.39. The van der Waals surface area contributed by atoms with Crippen molar-refractivity contribution in [3.8, 4) is 0 Å². The molecule has 0 N–H and O–H groups in total. The van der Waals surface area contributed by atoms with E-state index in [1.54, 1.807) is 6.07 Å². The molecule has 1 aromatic rings. The molecular formula is C8H9O2S. The third-order valence-corrected chi connectivity index (χ3v) is 1.93. The van der Waals surface area contributed by atoms with Crippen LogP contribution in [-0.4, -0.2) is 8.42 Å². The highest BCUT2D eigenvalue weighted by Gasteiger charge is 1.93. The van der Waals surface area contributed by atoms with Crippen LogP contribution < -0.4 is 0 Å². The van der Waals surface area contributed by atoms with E-state index in [0.717, 1.165) is 11.1 Å². The maximum absolute atomic E-state index is 10.3. The normalized spacial score (nSPS) is 10.4. The highest BCUT2D eigenvalue weighted by Crippen LogP contribution is 2.03. The van der Waals surface area contributed by atoms with Gasteiger partial charge in [0.25, 0.3) is 0 Å². The zero-order chi connectivity index (χ0) is 8.27. The highest BCUT2D eigenvalue weighted by molar-refractivity contribution is 7.71. The number of benzene rings is 1. The summed E-state index contributed by atoms with van der Waals surface area (Å²) in [5, 5.41) is 0. The number of hydrogen-bond acceptors (Lipinski definition) is 2. The van der Waals surface area contributed by atoms with Gasteiger partial charge in [-0.3, -0.25) is 0 Å². The molecule has 11 heavy (non-hydrogen) atoms. The molecule has 0 saturated carbocycles. The minimum atomic E-state index is -2.31. The molecule has 0 spiro atoms. The van der Waals surface area contributed by atoms with Crippen LogP contribution in [0.5, 0.6) is 0 Å². The van der Waals surface area contributed by atoms with Crippen molar-refractivity contribution >= 4 is 10.7 Å². The van der Waals surface area contributed by atoms with Gasteiger partial charge in [0.15, 0.2) is 0 Å². The van der Waals surface area contributed by atoms with Gasteiger partial charge in [0.05, 0.1) is 5.75 Å². The van der Waals surface area contributed by atoms with Crippen molar-refractivity contribution in [2.45, 2.75) is 12.7 Å². The molecule has 0 heterocycles. The third-order valence-electron chi connectivity index (χ3n) is 1.30. The number of aryl methyl sites for hydroxylation is 1. The van der Waals surface area contributed by atoms with Crippen LogP contribution in [0.1, 0.15) is 11.1 Å². The monoisotopic (exact) mass is 169 g/mol. The molecule has 3 heteroatoms. The zero-order valence-corrected chi connectivity index (χ0v) is 7.10. The Morgan fingerprint density at radius 1 is 1.45 bits per heavy atom. The van der Waals surface area contributed by atoms with Crippen molar-refractivity contribution in [3.63, 3.8) is 0 Å². The Kier molecular flexibility index (Phi) is 2.65. The molecule has 0 aliphatic carbocycles. The summed E-state index contributed by atoms with van der Waals surface area (Å²) in [7, 11) is -2.31. The Morgan fingerprint density at radius 2 is 2.18 bits per heavy atom. The van der Waals surface area contributed by atoms with Crippen LogP contribution in [0.2, 0.25) is 0 Å². The van der Waals surface area contributed by atoms with E-state index in [1.165, 1.54) is 0 Å². The highest BCUT2D eigenvalue weighted by atomic mass is 32.2. The van der Waals surface area contributed by atoms with Gasteiger partial charge < -0.3 is 0 Å². The lowest BCUT2D eigenvalue weighted by Gasteiger charge is -1.94. The molecule has 0 aliphatic rings. The van der Waals surface area contributed by atoms with Gasteiger partial charge in [-0.05, 0) is 18.6 Å². The molecule has 0 aliphatic heterocycles. The minimum absolute atomic E-state index is 0.119. The van der Waals surface area contributed by atoms with E-state index in [2.05, 4.69) is 6.07 Å². The first-order valence-electron chi connectivity index (χ1n) is 3.27. The molecule has 0 unspecified atom stereocenters. The van der Waals surface area contributed by atoms with E-state index in [9.17, 15) is 8.42 Å². The maximum atomic E-state index is 10.3. The molecule has 1 radical (unpaired) electrons. The van der Waals surface area contributed by atoms with Gasteiger partial charge in [0.1, 0.15) is 10.7 Å². The van der Waals surface area contributed by atoms with E-state index in [0.29, 0.717) is 0 Å². The predicted octanol–water partition coefficient (Wildman–Crippen LogP) is 0.907. The maximum Gasteiger partial charge on any atom is 0.144 e. The molecule has 0 saturated heterocycles. The molecule has 1 aromatic carbocycles. The lowest BCUT2D eigenvalue weighted by molar-refractivity contribution is 0.614. The standard InChI is InChI=1S/C8H9O2S/c1-7-3-2-4-8(5-7)6-11(9)10/h3-5,11H,6H2,1H3. The van der Waals surface area contributed by atoms with Crippen molar-refractivity contribution in [2.75, 3.05) is 0 Å². The van der Waals surface area contributed by atoms with Gasteiger partial charge in [-0.2, -0.15) is 0 Å². The Hall–Kier alpha value is -0.830. The topological polar surface area (TPSA) is 34.1 Å². The molecule has 0 aromatic heterocycles. The van der Waals surface area contributed by atoms with E-state index >= 15 is 0 Å². The summed E-state index contributed by atoms with van der Waals surface area (Å²) < 4.78 is 20.6. The largest absolute Gasteiger partial charge is 0.232 e. The fourth-order valence-corrected chi connectivity index (χ4v) is 1.38. The third kappa shape index (κ3) is 2.72. The number of hydrogen-bond donors (Lipinski definition) is 1. The van der Waals surface area contributed by atoms with Crippen molar-refractivity contribution < 1.29 is 8.42 Å². The molecule has 2 nitrogen and oxygen atoms in total. The summed E-state index contributed by atoms with van der Waals surface area (Å²) in [5.41, 5.74) is 1.85. The zero-order valence-electron chi connectivity index (χ0n) is 6.20. The van der Waals surface area contributed by atoms with Crippen LogP contribution in [0.3, 0.4) is 0 Å². The molecule has 0 fully saturated rings. The summed E-state index contributed by atoms with van der Waals surface area (Å²) in [6.45, 7) is 1.91. The lowest BCUT2D eigenvalue weighted by Crippen LogP contribution is -1.86. The van der Waals surface area contributed by atoms with E-state index < -0.39 is 10.7 Å². The molecule has 0 atom stereocenters. The number of thiol groups is 1. The van der Waals surface area contributed by atoms with Gasteiger partial charge in [0.2, 0.25) is 0 Å². The fraction of sp³-hybridized carbons (Fsp3) is 0.250. The smallest absolute Gasteiger partial charge is 0.144 e. The van der Waals surface area contributed by atoms with Gasteiger partial charge in [-0.15, -0.1) is 0 Å². The van der Waals surface area contributed by atoms with Gasteiger partial charge in [-0.25, -0.2) is 8.42 Å². The van der Waals surface area contributed by atoms with Crippen LogP contribution in [-0.2, 0) is 16.5 Å². The average molecular weight is 169 g/mol. The van der Waals surface area contributed by atoms with Crippen LogP contribution in [0.4, 0.5) is 0 Å². The van der Waals surface area contributed by atoms with Crippen LogP contribution >= 0.6 is 0 Å². The predicted molar refractivity (Wildman–Crippen MR) is 44.0 cm³/mol. The lowest BCUT2D eigenvalue weighted by atomic mass is 10.2. The summed E-state index contributed by atoms with van der Waals surface area (Å²) in [6.07, 6.45) is 0. The molecule has 0 amide bonds. The summed E-state index contributed by atoms with van der Waals surface area (Å²) in [6, 6.07) is 8.23. The number of rotatable bonds is 2. The van der Waals surface area contributed by atoms with Crippen LogP contribution in [0.15, 0.2) is 18.2 Å². The Bertz CT molecular complexity index is 308. The minimum Gasteiger partial charge on any atom is -0.232 e. The van der Waals surface area contributed by atoms with Crippen molar-refractivity contribution in [3.05, 3.63) is 35.4 Å². The van der Waals surface area contributed by atoms with Crippen LogP contribution in [0.25, 0.3) is 0 Å². The Morgan fingerprint density at radius 3 is 2.73 bits per heavy atom.